The summed E-state index contributed by atoms with van der Waals surface area (Å²) in [5.41, 5.74) is 8.86. The number of nitrogens with zero attached hydrogens (tertiary/aromatic N) is 1. The maximum atomic E-state index is 5.67. The molecule has 11 heavy (non-hydrogen) atoms. The summed E-state index contributed by atoms with van der Waals surface area (Å²) in [5, 5.41) is 0. The van der Waals surface area contributed by atoms with E-state index >= 15 is 0 Å². The molecule has 0 atom stereocenters. The van der Waals surface area contributed by atoms with E-state index in [-0.39, 0.29) is 0 Å². The molecule has 0 amide bonds. The van der Waals surface area contributed by atoms with Gasteiger partial charge >= 0.3 is 0 Å². The van der Waals surface area contributed by atoms with Crippen molar-refractivity contribution in [2.75, 3.05) is 24.7 Å². The Morgan fingerprint density at radius 1 is 1.18 bits per heavy atom. The Kier molecular flexibility index (Phi) is 2.03. The number of rotatable bonds is 1. The molecule has 0 radical (unpaired) electrons. The van der Waals surface area contributed by atoms with Crippen LogP contribution in [0.1, 0.15) is 5.56 Å². The number of aryl methyl sites for hydroxylation is 1. The van der Waals surface area contributed by atoms with Crippen LogP contribution in [0.4, 0.5) is 11.4 Å². The molecule has 0 fully saturated rings. The number of nitrogens with two attached hydrogens (primary N) is 1. The second-order valence-corrected chi connectivity index (χ2v) is 3.00. The van der Waals surface area contributed by atoms with Crippen LogP contribution in [0.2, 0.25) is 0 Å². The van der Waals surface area contributed by atoms with Crippen molar-refractivity contribution in [2.45, 2.75) is 6.92 Å². The SMILES string of the molecule is Cc1cc(N)cc(N(C)C)c1. The van der Waals surface area contributed by atoms with Gasteiger partial charge in [-0.1, -0.05) is 0 Å². The third-order valence-electron chi connectivity index (χ3n) is 1.60. The van der Waals surface area contributed by atoms with Crippen LogP contribution >= 0.6 is 0 Å². The van der Waals surface area contributed by atoms with Crippen molar-refractivity contribution in [3.05, 3.63) is 23.8 Å². The van der Waals surface area contributed by atoms with Crippen molar-refractivity contribution in [1.82, 2.24) is 0 Å². The van der Waals surface area contributed by atoms with Crippen LogP contribution in [0.15, 0.2) is 18.2 Å². The predicted molar refractivity (Wildman–Crippen MR) is 49.9 cm³/mol. The number of benzene rings is 1. The number of anilines is 2. The molecular formula is C9H14N2. The Labute approximate surface area is 67.6 Å². The van der Waals surface area contributed by atoms with E-state index in [1.807, 2.05) is 38.1 Å². The molecule has 2 nitrogen and oxygen atoms in total. The Bertz CT molecular complexity index is 233. The number of nitrogen functional groups attached to an aromatic ring is 1. The zero-order chi connectivity index (χ0) is 8.43. The van der Waals surface area contributed by atoms with Gasteiger partial charge < -0.3 is 10.6 Å². The van der Waals surface area contributed by atoms with Crippen LogP contribution in [0, 0.1) is 6.92 Å². The molecule has 1 rings (SSSR count). The van der Waals surface area contributed by atoms with E-state index in [4.69, 9.17) is 5.73 Å². The summed E-state index contributed by atoms with van der Waals surface area (Å²) in [4.78, 5) is 2.04. The van der Waals surface area contributed by atoms with Crippen molar-refractivity contribution < 1.29 is 0 Å². The molecule has 2 heteroatoms. The lowest BCUT2D eigenvalue weighted by molar-refractivity contribution is 1.13. The van der Waals surface area contributed by atoms with E-state index in [2.05, 4.69) is 6.07 Å². The highest BCUT2D eigenvalue weighted by molar-refractivity contribution is 5.57. The Morgan fingerprint density at radius 2 is 1.82 bits per heavy atom. The van der Waals surface area contributed by atoms with Gasteiger partial charge in [-0.05, 0) is 30.7 Å². The van der Waals surface area contributed by atoms with Crippen molar-refractivity contribution in [3.8, 4) is 0 Å². The molecule has 2 N–H and O–H groups in total. The van der Waals surface area contributed by atoms with E-state index < -0.39 is 0 Å². The largest absolute Gasteiger partial charge is 0.399 e. The van der Waals surface area contributed by atoms with E-state index in [1.54, 1.807) is 0 Å². The van der Waals surface area contributed by atoms with Gasteiger partial charge in [-0.15, -0.1) is 0 Å². The molecule has 0 aromatic heterocycles. The highest BCUT2D eigenvalue weighted by Crippen LogP contribution is 2.17. The first-order valence-electron chi connectivity index (χ1n) is 3.64. The molecule has 1 aromatic rings. The van der Waals surface area contributed by atoms with Gasteiger partial charge in [-0.2, -0.15) is 0 Å². The van der Waals surface area contributed by atoms with E-state index in [0.717, 1.165) is 11.4 Å². The molecule has 0 spiro atoms. The second-order valence-electron chi connectivity index (χ2n) is 3.00. The lowest BCUT2D eigenvalue weighted by Gasteiger charge is -2.13. The topological polar surface area (TPSA) is 29.3 Å². The molecule has 0 aliphatic rings. The highest BCUT2D eigenvalue weighted by Gasteiger charge is 1.96. The Balaban J connectivity index is 3.08. The summed E-state index contributed by atoms with van der Waals surface area (Å²) in [6.07, 6.45) is 0. The van der Waals surface area contributed by atoms with Gasteiger partial charge in [-0.25, -0.2) is 0 Å². The van der Waals surface area contributed by atoms with Crippen LogP contribution in [-0.4, -0.2) is 14.1 Å². The normalized spacial score (nSPS) is 9.73. The van der Waals surface area contributed by atoms with Gasteiger partial charge in [-0.3, -0.25) is 0 Å². The zero-order valence-corrected chi connectivity index (χ0v) is 7.26. The first-order valence-corrected chi connectivity index (χ1v) is 3.64. The van der Waals surface area contributed by atoms with Gasteiger partial charge in [0.2, 0.25) is 0 Å². The van der Waals surface area contributed by atoms with Crippen LogP contribution < -0.4 is 10.6 Å². The molecule has 1 aromatic carbocycles. The van der Waals surface area contributed by atoms with Gasteiger partial charge in [0.1, 0.15) is 0 Å². The van der Waals surface area contributed by atoms with E-state index in [0.29, 0.717) is 0 Å². The van der Waals surface area contributed by atoms with Crippen LogP contribution in [-0.2, 0) is 0 Å². The zero-order valence-electron chi connectivity index (χ0n) is 7.26. The Morgan fingerprint density at radius 3 is 2.27 bits per heavy atom. The third-order valence-corrected chi connectivity index (χ3v) is 1.60. The minimum absolute atomic E-state index is 0.828. The molecule has 0 saturated heterocycles. The standard InChI is InChI=1S/C9H14N2/c1-7-4-8(10)6-9(5-7)11(2)3/h4-6H,10H2,1-3H3. The van der Waals surface area contributed by atoms with Crippen LogP contribution in [0.25, 0.3) is 0 Å². The maximum Gasteiger partial charge on any atom is 0.0384 e. The molecule has 0 saturated carbocycles. The number of hydrogen-bond acceptors (Lipinski definition) is 2. The van der Waals surface area contributed by atoms with Gasteiger partial charge in [0.05, 0.1) is 0 Å². The van der Waals surface area contributed by atoms with Gasteiger partial charge in [0, 0.05) is 25.5 Å². The van der Waals surface area contributed by atoms with Crippen molar-refractivity contribution in [1.29, 1.82) is 0 Å². The summed E-state index contributed by atoms with van der Waals surface area (Å²) in [6.45, 7) is 2.04. The summed E-state index contributed by atoms with van der Waals surface area (Å²) < 4.78 is 0. The molecule has 60 valence electrons. The average Bonchev–Trinajstić information content (AvgIpc) is 1.85. The quantitative estimate of drug-likeness (QED) is 0.617. The molecule has 0 heterocycles. The van der Waals surface area contributed by atoms with Crippen molar-refractivity contribution in [2.24, 2.45) is 0 Å². The lowest BCUT2D eigenvalue weighted by Crippen LogP contribution is -2.09. The molecule has 0 unspecified atom stereocenters. The molecular weight excluding hydrogens is 136 g/mol. The monoisotopic (exact) mass is 150 g/mol. The fourth-order valence-corrected chi connectivity index (χ4v) is 1.05. The maximum absolute atomic E-state index is 5.67. The second kappa shape index (κ2) is 2.82. The summed E-state index contributed by atoms with van der Waals surface area (Å²) >= 11 is 0. The van der Waals surface area contributed by atoms with Crippen molar-refractivity contribution >= 4 is 11.4 Å². The van der Waals surface area contributed by atoms with E-state index in [1.165, 1.54) is 5.56 Å². The lowest BCUT2D eigenvalue weighted by atomic mass is 10.2. The Hall–Kier alpha value is -1.18. The number of hydrogen-bond donors (Lipinski definition) is 1. The minimum Gasteiger partial charge on any atom is -0.399 e. The molecule has 0 aliphatic heterocycles. The highest BCUT2D eigenvalue weighted by atomic mass is 15.1. The van der Waals surface area contributed by atoms with E-state index in [9.17, 15) is 0 Å². The first kappa shape index (κ1) is 7.92. The summed E-state index contributed by atoms with van der Waals surface area (Å²) in [6, 6.07) is 6.04. The minimum atomic E-state index is 0.828. The third kappa shape index (κ3) is 1.87. The molecule has 0 aliphatic carbocycles. The average molecular weight is 150 g/mol. The first-order chi connectivity index (χ1) is 5.09. The summed E-state index contributed by atoms with van der Waals surface area (Å²) in [7, 11) is 4.02. The predicted octanol–water partition coefficient (Wildman–Crippen LogP) is 1.64. The van der Waals surface area contributed by atoms with Gasteiger partial charge in [0.25, 0.3) is 0 Å². The smallest absolute Gasteiger partial charge is 0.0384 e. The molecule has 0 bridgehead atoms. The van der Waals surface area contributed by atoms with Crippen molar-refractivity contribution in [3.63, 3.8) is 0 Å². The van der Waals surface area contributed by atoms with Crippen LogP contribution in [0.5, 0.6) is 0 Å². The summed E-state index contributed by atoms with van der Waals surface area (Å²) in [5.74, 6) is 0. The van der Waals surface area contributed by atoms with Crippen LogP contribution in [0.3, 0.4) is 0 Å². The van der Waals surface area contributed by atoms with Gasteiger partial charge in [0.15, 0.2) is 0 Å². The fraction of sp³-hybridized carbons (Fsp3) is 0.333. The fourth-order valence-electron chi connectivity index (χ4n) is 1.05.